The Morgan fingerprint density at radius 3 is 2.41 bits per heavy atom. The van der Waals surface area contributed by atoms with Crippen LogP contribution in [0.3, 0.4) is 0 Å². The molecule has 3 aliphatic carbocycles. The highest BCUT2D eigenvalue weighted by Crippen LogP contribution is 2.59. The van der Waals surface area contributed by atoms with Crippen molar-refractivity contribution >= 4 is 12.9 Å². The van der Waals surface area contributed by atoms with E-state index in [-0.39, 0.29) is 23.7 Å². The van der Waals surface area contributed by atoms with Gasteiger partial charge >= 0.3 is 7.12 Å². The topological polar surface area (TPSA) is 35.5 Å². The highest BCUT2D eigenvalue weighted by atomic mass is 16.7. The van der Waals surface area contributed by atoms with Crippen molar-refractivity contribution in [1.82, 2.24) is 0 Å². The van der Waals surface area contributed by atoms with Gasteiger partial charge in [-0.25, -0.2) is 0 Å². The maximum absolute atomic E-state index is 12.7. The number of fused-ring (bicyclic) bond motifs is 5. The Labute approximate surface area is 236 Å². The van der Waals surface area contributed by atoms with Crippen LogP contribution in [0.1, 0.15) is 114 Å². The quantitative estimate of drug-likeness (QED) is 0.341. The standard InChI is InChI=1S/C35H47BO3/c1-33(2)34(3,4)39-36(38-33)23-27(25-11-7-6-8-12-25)13-9-10-24-14-16-28-26(22-24)15-17-30-29(28)20-21-35(5)31(30)18-19-32(35)37/h6-8,11-12,14,16,22,27,29-31H,9-10,13,15,17-21,23H2,1-5H3/t27?,29-,30-,31+,35+/m1/s1. The van der Waals surface area contributed by atoms with Crippen molar-refractivity contribution < 1.29 is 14.1 Å². The zero-order valence-electron chi connectivity index (χ0n) is 24.8. The van der Waals surface area contributed by atoms with E-state index in [0.29, 0.717) is 29.5 Å². The van der Waals surface area contributed by atoms with E-state index in [1.54, 1.807) is 11.1 Å². The van der Waals surface area contributed by atoms with Gasteiger partial charge in [0.05, 0.1) is 11.2 Å². The number of carbonyl (C=O) groups excluding carboxylic acids is 1. The third-order valence-electron chi connectivity index (χ3n) is 11.6. The van der Waals surface area contributed by atoms with E-state index in [0.717, 1.165) is 44.8 Å². The average Bonchev–Trinajstić information content (AvgIpc) is 3.32. The van der Waals surface area contributed by atoms with Crippen LogP contribution in [-0.4, -0.2) is 24.1 Å². The van der Waals surface area contributed by atoms with Gasteiger partial charge in [-0.15, -0.1) is 0 Å². The Bertz CT molecular complexity index is 1190. The Kier molecular flexibility index (Phi) is 7.12. The SMILES string of the molecule is CC1(C)OB(CC(CCCc2ccc3c(c2)CC[C@@H]2[C@@H]3CC[C@]3(C)C(=O)CC[C@@H]23)c2ccccc2)OC1(C)C. The van der Waals surface area contributed by atoms with Crippen molar-refractivity contribution in [2.24, 2.45) is 17.3 Å². The van der Waals surface area contributed by atoms with Gasteiger partial charge in [0.15, 0.2) is 0 Å². The van der Waals surface area contributed by atoms with Crippen LogP contribution in [0.25, 0.3) is 0 Å². The van der Waals surface area contributed by atoms with E-state index < -0.39 is 0 Å². The molecule has 0 amide bonds. The van der Waals surface area contributed by atoms with Gasteiger partial charge in [-0.2, -0.15) is 0 Å². The van der Waals surface area contributed by atoms with Gasteiger partial charge in [0.1, 0.15) is 5.78 Å². The van der Waals surface area contributed by atoms with Gasteiger partial charge in [-0.3, -0.25) is 4.79 Å². The van der Waals surface area contributed by atoms with Crippen LogP contribution >= 0.6 is 0 Å². The molecule has 0 radical (unpaired) electrons. The lowest BCUT2D eigenvalue weighted by Gasteiger charge is -2.48. The first-order valence-corrected chi connectivity index (χ1v) is 15.6. The first-order chi connectivity index (χ1) is 18.6. The second-order valence-corrected chi connectivity index (χ2v) is 14.3. The molecule has 39 heavy (non-hydrogen) atoms. The summed E-state index contributed by atoms with van der Waals surface area (Å²) in [7, 11) is -0.163. The highest BCUT2D eigenvalue weighted by molar-refractivity contribution is 6.45. The van der Waals surface area contributed by atoms with Gasteiger partial charge in [0.2, 0.25) is 0 Å². The van der Waals surface area contributed by atoms with Gasteiger partial charge in [0.25, 0.3) is 0 Å². The number of benzene rings is 2. The van der Waals surface area contributed by atoms with E-state index in [4.69, 9.17) is 9.31 Å². The second kappa shape index (κ2) is 10.2. The minimum Gasteiger partial charge on any atom is -0.403 e. The minimum absolute atomic E-state index is 0.0337. The summed E-state index contributed by atoms with van der Waals surface area (Å²) in [6.07, 6.45) is 11.0. The molecular weight excluding hydrogens is 479 g/mol. The number of carbonyl (C=O) groups is 1. The van der Waals surface area contributed by atoms with Crippen molar-refractivity contribution in [3.05, 3.63) is 70.8 Å². The number of hydrogen-bond acceptors (Lipinski definition) is 3. The van der Waals surface area contributed by atoms with E-state index in [2.05, 4.69) is 83.1 Å². The molecule has 5 atom stereocenters. The van der Waals surface area contributed by atoms with E-state index >= 15 is 0 Å². The number of aryl methyl sites for hydroxylation is 2. The van der Waals surface area contributed by atoms with Crippen LogP contribution in [0.5, 0.6) is 0 Å². The molecule has 2 aromatic rings. The molecule has 0 aromatic heterocycles. The Morgan fingerprint density at radius 2 is 1.67 bits per heavy atom. The Balaban J connectivity index is 1.11. The van der Waals surface area contributed by atoms with Crippen LogP contribution in [0.15, 0.2) is 48.5 Å². The first-order valence-electron chi connectivity index (χ1n) is 15.6. The molecule has 3 fully saturated rings. The summed E-state index contributed by atoms with van der Waals surface area (Å²) in [4.78, 5) is 12.7. The fraction of sp³-hybridized carbons (Fsp3) is 0.629. The fourth-order valence-corrected chi connectivity index (χ4v) is 8.55. The first kappa shape index (κ1) is 27.3. The second-order valence-electron chi connectivity index (χ2n) is 14.3. The summed E-state index contributed by atoms with van der Waals surface area (Å²) in [5, 5.41) is 0. The van der Waals surface area contributed by atoms with Gasteiger partial charge < -0.3 is 9.31 Å². The van der Waals surface area contributed by atoms with E-state index in [1.165, 1.54) is 30.4 Å². The predicted octanol–water partition coefficient (Wildman–Crippen LogP) is 8.31. The molecular formula is C35H47BO3. The van der Waals surface area contributed by atoms with Gasteiger partial charge in [0, 0.05) is 11.8 Å². The molecule has 6 rings (SSSR count). The summed E-state index contributed by atoms with van der Waals surface area (Å²) >= 11 is 0. The molecule has 1 heterocycles. The molecule has 4 aliphatic rings. The van der Waals surface area contributed by atoms with Crippen LogP contribution in [0.2, 0.25) is 6.32 Å². The lowest BCUT2D eigenvalue weighted by atomic mass is 9.55. The molecule has 0 bridgehead atoms. The zero-order valence-corrected chi connectivity index (χ0v) is 24.8. The molecule has 2 saturated carbocycles. The third-order valence-corrected chi connectivity index (χ3v) is 11.6. The summed E-state index contributed by atoms with van der Waals surface area (Å²) in [5.74, 6) is 2.93. The normalized spacial score (nSPS) is 31.5. The van der Waals surface area contributed by atoms with Crippen molar-refractivity contribution in [3.63, 3.8) is 0 Å². The summed E-state index contributed by atoms with van der Waals surface area (Å²) in [6, 6.07) is 18.3. The molecule has 208 valence electrons. The van der Waals surface area contributed by atoms with Crippen molar-refractivity contribution in [1.29, 1.82) is 0 Å². The highest BCUT2D eigenvalue weighted by Gasteiger charge is 2.54. The molecule has 3 nitrogen and oxygen atoms in total. The molecule has 1 unspecified atom stereocenters. The summed E-state index contributed by atoms with van der Waals surface area (Å²) in [5.41, 5.74) is 5.44. The van der Waals surface area contributed by atoms with Crippen LogP contribution in [-0.2, 0) is 26.9 Å². The molecule has 0 N–H and O–H groups in total. The molecule has 1 aliphatic heterocycles. The zero-order chi connectivity index (χ0) is 27.4. The number of hydrogen-bond donors (Lipinski definition) is 0. The lowest BCUT2D eigenvalue weighted by molar-refractivity contribution is -0.129. The molecule has 2 aromatic carbocycles. The Hall–Kier alpha value is -1.91. The number of Topliss-reactive ketones (excluding diaryl/α,β-unsaturated/α-hetero) is 1. The van der Waals surface area contributed by atoms with Crippen LogP contribution in [0, 0.1) is 17.3 Å². The minimum atomic E-state index is -0.286. The van der Waals surface area contributed by atoms with Crippen LogP contribution < -0.4 is 0 Å². The smallest absolute Gasteiger partial charge is 0.403 e. The molecule has 1 saturated heterocycles. The van der Waals surface area contributed by atoms with Crippen molar-refractivity contribution in [3.8, 4) is 0 Å². The van der Waals surface area contributed by atoms with Gasteiger partial charge in [-0.05, 0) is 131 Å². The molecule has 0 spiro atoms. The largest absolute Gasteiger partial charge is 0.458 e. The van der Waals surface area contributed by atoms with Crippen molar-refractivity contribution in [2.45, 2.75) is 122 Å². The number of ketones is 1. The van der Waals surface area contributed by atoms with Gasteiger partial charge in [-0.1, -0.05) is 55.5 Å². The average molecular weight is 527 g/mol. The lowest BCUT2D eigenvalue weighted by Crippen LogP contribution is -2.42. The summed E-state index contributed by atoms with van der Waals surface area (Å²) < 4.78 is 12.8. The van der Waals surface area contributed by atoms with Crippen molar-refractivity contribution in [2.75, 3.05) is 0 Å². The van der Waals surface area contributed by atoms with E-state index in [9.17, 15) is 4.79 Å². The summed E-state index contributed by atoms with van der Waals surface area (Å²) in [6.45, 7) is 10.8. The Morgan fingerprint density at radius 1 is 0.923 bits per heavy atom. The van der Waals surface area contributed by atoms with E-state index in [1.807, 2.05) is 0 Å². The third kappa shape index (κ3) is 4.95. The fourth-order valence-electron chi connectivity index (χ4n) is 8.55. The maximum atomic E-state index is 12.7. The monoisotopic (exact) mass is 526 g/mol. The predicted molar refractivity (Wildman–Crippen MR) is 159 cm³/mol. The molecule has 4 heteroatoms. The van der Waals surface area contributed by atoms with Crippen LogP contribution in [0.4, 0.5) is 0 Å². The maximum Gasteiger partial charge on any atom is 0.458 e. The number of rotatable bonds is 7.